The Bertz CT molecular complexity index is 480. The van der Waals surface area contributed by atoms with Gasteiger partial charge in [-0.25, -0.2) is 4.98 Å². The van der Waals surface area contributed by atoms with E-state index in [4.69, 9.17) is 5.73 Å². The molecule has 0 unspecified atom stereocenters. The summed E-state index contributed by atoms with van der Waals surface area (Å²) in [6.07, 6.45) is 5.88. The van der Waals surface area contributed by atoms with Gasteiger partial charge in [0, 0.05) is 6.20 Å². The van der Waals surface area contributed by atoms with Crippen LogP contribution < -0.4 is 11.1 Å². The molecule has 0 aromatic carbocycles. The quantitative estimate of drug-likeness (QED) is 0.705. The number of amides is 1. The van der Waals surface area contributed by atoms with Crippen LogP contribution in [0.3, 0.4) is 0 Å². The summed E-state index contributed by atoms with van der Waals surface area (Å²) < 4.78 is 1.42. The number of nitrogen functional groups attached to an aromatic ring is 1. The molecule has 0 saturated carbocycles. The zero-order valence-corrected chi connectivity index (χ0v) is 8.24. The van der Waals surface area contributed by atoms with Gasteiger partial charge in [0.05, 0.1) is 24.3 Å². The van der Waals surface area contributed by atoms with Crippen LogP contribution in [0.1, 0.15) is 0 Å². The number of carbonyl (C=O) groups is 1. The van der Waals surface area contributed by atoms with E-state index in [-0.39, 0.29) is 18.4 Å². The van der Waals surface area contributed by atoms with Crippen LogP contribution in [0.25, 0.3) is 0 Å². The summed E-state index contributed by atoms with van der Waals surface area (Å²) in [6.45, 7) is 0.0510. The normalized spacial score (nSPS) is 10.0. The lowest BCUT2D eigenvalue weighted by molar-refractivity contribution is -0.116. The molecule has 1 amide bonds. The van der Waals surface area contributed by atoms with E-state index in [9.17, 15) is 4.79 Å². The first-order valence-electron chi connectivity index (χ1n) is 4.45. The van der Waals surface area contributed by atoms with E-state index in [2.05, 4.69) is 25.6 Å². The van der Waals surface area contributed by atoms with Crippen LogP contribution in [0.4, 0.5) is 11.6 Å². The molecule has 16 heavy (non-hydrogen) atoms. The number of anilines is 2. The lowest BCUT2D eigenvalue weighted by Crippen LogP contribution is -2.20. The van der Waals surface area contributed by atoms with Crippen molar-refractivity contribution < 1.29 is 4.79 Å². The second-order valence-corrected chi connectivity index (χ2v) is 2.99. The van der Waals surface area contributed by atoms with Crippen molar-refractivity contribution in [3.63, 3.8) is 0 Å². The Morgan fingerprint density at radius 3 is 3.00 bits per heavy atom. The van der Waals surface area contributed by atoms with Gasteiger partial charge >= 0.3 is 0 Å². The van der Waals surface area contributed by atoms with Crippen molar-refractivity contribution in [2.45, 2.75) is 6.54 Å². The number of carbonyl (C=O) groups excluding carboxylic acids is 1. The van der Waals surface area contributed by atoms with Gasteiger partial charge in [-0.1, -0.05) is 0 Å². The Hall–Kier alpha value is -2.51. The van der Waals surface area contributed by atoms with Crippen LogP contribution in [0, 0.1) is 0 Å². The van der Waals surface area contributed by atoms with Gasteiger partial charge in [0.1, 0.15) is 6.54 Å². The fourth-order valence-electron chi connectivity index (χ4n) is 1.08. The SMILES string of the molecule is Nc1cnn(CC(=O)Nc2nccnn2)c1. The van der Waals surface area contributed by atoms with Crippen molar-refractivity contribution in [3.05, 3.63) is 24.8 Å². The second-order valence-electron chi connectivity index (χ2n) is 2.99. The van der Waals surface area contributed by atoms with Gasteiger partial charge < -0.3 is 5.73 Å². The maximum absolute atomic E-state index is 11.5. The van der Waals surface area contributed by atoms with E-state index in [0.717, 1.165) is 0 Å². The van der Waals surface area contributed by atoms with E-state index < -0.39 is 0 Å². The molecule has 0 saturated heterocycles. The number of hydrogen-bond acceptors (Lipinski definition) is 6. The summed E-state index contributed by atoms with van der Waals surface area (Å²) in [4.78, 5) is 15.3. The number of nitrogens with one attached hydrogen (secondary N) is 1. The third kappa shape index (κ3) is 2.50. The maximum Gasteiger partial charge on any atom is 0.249 e. The van der Waals surface area contributed by atoms with Crippen LogP contribution in [0.5, 0.6) is 0 Å². The zero-order valence-electron chi connectivity index (χ0n) is 8.24. The molecule has 3 N–H and O–H groups in total. The Labute approximate surface area is 90.5 Å². The number of aromatic nitrogens is 5. The number of hydrogen-bond donors (Lipinski definition) is 2. The van der Waals surface area contributed by atoms with Gasteiger partial charge in [-0.15, -0.1) is 5.10 Å². The van der Waals surface area contributed by atoms with Crippen LogP contribution in [0.2, 0.25) is 0 Å². The van der Waals surface area contributed by atoms with E-state index in [1.807, 2.05) is 0 Å². The van der Waals surface area contributed by atoms with Crippen LogP contribution in [-0.4, -0.2) is 30.9 Å². The first-order valence-corrected chi connectivity index (χ1v) is 4.45. The fraction of sp³-hybridized carbons (Fsp3) is 0.125. The van der Waals surface area contributed by atoms with Gasteiger partial charge in [0.2, 0.25) is 11.9 Å². The Balaban J connectivity index is 1.95. The minimum Gasteiger partial charge on any atom is -0.396 e. The largest absolute Gasteiger partial charge is 0.396 e. The monoisotopic (exact) mass is 219 g/mol. The molecular formula is C8H9N7O. The zero-order chi connectivity index (χ0) is 11.4. The summed E-state index contributed by atoms with van der Waals surface area (Å²) in [5.74, 6) is -0.135. The topological polar surface area (TPSA) is 112 Å². The molecule has 0 fully saturated rings. The molecule has 0 spiro atoms. The molecule has 2 heterocycles. The van der Waals surface area contributed by atoms with E-state index in [0.29, 0.717) is 5.69 Å². The molecule has 0 aliphatic carbocycles. The predicted molar refractivity (Wildman–Crippen MR) is 55.1 cm³/mol. The Kier molecular flexibility index (Phi) is 2.72. The first kappa shape index (κ1) is 10.0. The predicted octanol–water partition coefficient (Wildman–Crippen LogP) is -0.711. The molecule has 2 rings (SSSR count). The van der Waals surface area contributed by atoms with Gasteiger partial charge in [0.25, 0.3) is 0 Å². The third-order valence-corrected chi connectivity index (χ3v) is 1.69. The molecule has 8 heteroatoms. The molecule has 0 radical (unpaired) electrons. The average molecular weight is 219 g/mol. The summed E-state index contributed by atoms with van der Waals surface area (Å²) >= 11 is 0. The molecule has 2 aromatic rings. The maximum atomic E-state index is 11.5. The van der Waals surface area contributed by atoms with Crippen molar-refractivity contribution in [2.75, 3.05) is 11.1 Å². The summed E-state index contributed by atoms with van der Waals surface area (Å²) in [5, 5.41) is 13.5. The Morgan fingerprint density at radius 1 is 1.50 bits per heavy atom. The average Bonchev–Trinajstić information content (AvgIpc) is 2.65. The highest BCUT2D eigenvalue weighted by molar-refractivity contribution is 5.88. The van der Waals surface area contributed by atoms with Crippen LogP contribution in [-0.2, 0) is 11.3 Å². The van der Waals surface area contributed by atoms with E-state index >= 15 is 0 Å². The highest BCUT2D eigenvalue weighted by Crippen LogP contribution is 1.98. The smallest absolute Gasteiger partial charge is 0.249 e. The molecule has 8 nitrogen and oxygen atoms in total. The van der Waals surface area contributed by atoms with Crippen molar-refractivity contribution in [1.82, 2.24) is 25.0 Å². The summed E-state index contributed by atoms with van der Waals surface area (Å²) in [6, 6.07) is 0. The molecule has 0 bridgehead atoms. The molecular weight excluding hydrogens is 210 g/mol. The molecule has 0 aliphatic rings. The lowest BCUT2D eigenvalue weighted by atomic mass is 10.5. The molecule has 0 aliphatic heterocycles. The van der Waals surface area contributed by atoms with Crippen LogP contribution >= 0.6 is 0 Å². The van der Waals surface area contributed by atoms with Gasteiger partial charge in [-0.3, -0.25) is 14.8 Å². The second kappa shape index (κ2) is 4.34. The minimum atomic E-state index is -0.295. The number of nitrogens with two attached hydrogens (primary N) is 1. The van der Waals surface area contributed by atoms with E-state index in [1.54, 1.807) is 6.20 Å². The summed E-state index contributed by atoms with van der Waals surface area (Å²) in [7, 11) is 0. The van der Waals surface area contributed by atoms with Crippen LogP contribution in [0.15, 0.2) is 24.8 Å². The highest BCUT2D eigenvalue weighted by atomic mass is 16.2. The third-order valence-electron chi connectivity index (χ3n) is 1.69. The van der Waals surface area contributed by atoms with Crippen molar-refractivity contribution >= 4 is 17.5 Å². The van der Waals surface area contributed by atoms with E-state index in [1.165, 1.54) is 23.3 Å². The van der Waals surface area contributed by atoms with Gasteiger partial charge in [-0.2, -0.15) is 10.2 Å². The van der Waals surface area contributed by atoms with Crippen molar-refractivity contribution in [3.8, 4) is 0 Å². The van der Waals surface area contributed by atoms with Crippen molar-refractivity contribution in [2.24, 2.45) is 0 Å². The minimum absolute atomic E-state index is 0.0510. The van der Waals surface area contributed by atoms with Gasteiger partial charge in [0.15, 0.2) is 0 Å². The standard InChI is InChI=1S/C8H9N7O/c9-6-3-12-15(4-6)5-7(16)13-8-10-1-2-11-14-8/h1-4H,5,9H2,(H,10,13,14,16). The molecule has 0 atom stereocenters. The number of rotatable bonds is 3. The van der Waals surface area contributed by atoms with Crippen molar-refractivity contribution in [1.29, 1.82) is 0 Å². The summed E-state index contributed by atoms with van der Waals surface area (Å²) in [5.41, 5.74) is 5.96. The van der Waals surface area contributed by atoms with Gasteiger partial charge in [-0.05, 0) is 0 Å². The lowest BCUT2D eigenvalue weighted by Gasteiger charge is -2.01. The molecule has 82 valence electrons. The number of nitrogens with zero attached hydrogens (tertiary/aromatic N) is 5. The fourth-order valence-corrected chi connectivity index (χ4v) is 1.08. The molecule has 2 aromatic heterocycles. The highest BCUT2D eigenvalue weighted by Gasteiger charge is 2.05. The Morgan fingerprint density at radius 2 is 2.38 bits per heavy atom. The first-order chi connectivity index (χ1) is 7.74.